The van der Waals surface area contributed by atoms with Crippen molar-refractivity contribution in [1.29, 1.82) is 0 Å². The number of imidazole rings is 1. The number of furan rings is 1. The van der Waals surface area contributed by atoms with Gasteiger partial charge in [0.1, 0.15) is 17.0 Å². The second-order valence-corrected chi connectivity index (χ2v) is 6.35. The van der Waals surface area contributed by atoms with E-state index in [0.29, 0.717) is 34.2 Å². The number of fused-ring (bicyclic) bond motifs is 3. The Kier molecular flexibility index (Phi) is 3.01. The van der Waals surface area contributed by atoms with Gasteiger partial charge in [-0.1, -0.05) is 12.1 Å². The highest BCUT2D eigenvalue weighted by atomic mass is 16.3. The fourth-order valence-corrected chi connectivity index (χ4v) is 3.18. The molecule has 0 aliphatic carbocycles. The van der Waals surface area contributed by atoms with Gasteiger partial charge in [-0.15, -0.1) is 0 Å². The van der Waals surface area contributed by atoms with E-state index in [-0.39, 0.29) is 0 Å². The lowest BCUT2D eigenvalue weighted by Gasteiger charge is -1.99. The molecule has 0 aliphatic heterocycles. The Labute approximate surface area is 157 Å². The number of nitrogens with zero attached hydrogens (tertiary/aromatic N) is 6. The molecule has 8 heteroatoms. The van der Waals surface area contributed by atoms with Crippen molar-refractivity contribution in [2.45, 2.75) is 0 Å². The molecule has 0 spiro atoms. The molecule has 6 rings (SSSR count). The highest BCUT2D eigenvalue weighted by Crippen LogP contribution is 2.29. The summed E-state index contributed by atoms with van der Waals surface area (Å²) in [6.07, 6.45) is 6.84. The molecule has 6 aromatic rings. The first-order chi connectivity index (χ1) is 13.8. The zero-order chi connectivity index (χ0) is 18.5. The molecule has 5 aromatic heterocycles. The van der Waals surface area contributed by atoms with Gasteiger partial charge >= 0.3 is 0 Å². The smallest absolute Gasteiger partial charge is 0.246 e. The maximum absolute atomic E-state index is 5.97. The van der Waals surface area contributed by atoms with E-state index in [1.54, 1.807) is 24.8 Å². The van der Waals surface area contributed by atoms with E-state index in [0.717, 1.165) is 21.9 Å². The Balaban J connectivity index is 1.45. The number of aromatic amines is 1. The number of nitrogens with one attached hydrogen (secondary N) is 1. The number of aromatic nitrogens is 7. The third-order valence-electron chi connectivity index (χ3n) is 4.57. The molecule has 0 unspecified atom stereocenters. The maximum atomic E-state index is 5.97. The Morgan fingerprint density at radius 3 is 2.71 bits per heavy atom. The fraction of sp³-hybridized carbons (Fsp3) is 0. The zero-order valence-electron chi connectivity index (χ0n) is 14.4. The van der Waals surface area contributed by atoms with Crippen LogP contribution >= 0.6 is 0 Å². The molecule has 0 saturated heterocycles. The van der Waals surface area contributed by atoms with Gasteiger partial charge < -0.3 is 9.40 Å². The van der Waals surface area contributed by atoms with Crippen molar-refractivity contribution < 1.29 is 4.42 Å². The summed E-state index contributed by atoms with van der Waals surface area (Å²) in [5, 5.41) is 9.84. The molecule has 0 atom stereocenters. The van der Waals surface area contributed by atoms with Crippen LogP contribution in [-0.4, -0.2) is 35.1 Å². The monoisotopic (exact) mass is 365 g/mol. The number of pyridine rings is 1. The SMILES string of the molecule is c1cnc2nc(-c3cnc4cc(-c5ccc6cnncc6c5)oc4n3)[nH]c2c1. The summed E-state index contributed by atoms with van der Waals surface area (Å²) in [6.45, 7) is 0. The summed E-state index contributed by atoms with van der Waals surface area (Å²) in [5.41, 5.74) is 4.14. The lowest BCUT2D eigenvalue weighted by molar-refractivity contribution is 0.618. The molecule has 1 aromatic carbocycles. The standard InChI is InChI=1S/C20H11N7O/c1-2-14-18(21-5-1)27-19(25-14)16-10-22-15-7-17(28-20(15)26-16)11-3-4-12-8-23-24-9-13(12)6-11/h1-10H,(H,21,25,27). The van der Waals surface area contributed by atoms with Crippen LogP contribution in [0.2, 0.25) is 0 Å². The van der Waals surface area contributed by atoms with Crippen LogP contribution in [0.1, 0.15) is 0 Å². The molecule has 0 saturated carbocycles. The topological polar surface area (TPSA) is 106 Å². The van der Waals surface area contributed by atoms with Gasteiger partial charge in [-0.2, -0.15) is 10.2 Å². The first-order valence-corrected chi connectivity index (χ1v) is 8.62. The largest absolute Gasteiger partial charge is 0.436 e. The molecule has 28 heavy (non-hydrogen) atoms. The first kappa shape index (κ1) is 14.9. The lowest BCUT2D eigenvalue weighted by atomic mass is 10.1. The van der Waals surface area contributed by atoms with Gasteiger partial charge in [0.15, 0.2) is 11.5 Å². The molecule has 0 bridgehead atoms. The van der Waals surface area contributed by atoms with Crippen LogP contribution < -0.4 is 0 Å². The molecular formula is C20H11N7O. The molecule has 8 nitrogen and oxygen atoms in total. The third kappa shape index (κ3) is 2.32. The van der Waals surface area contributed by atoms with Crippen LogP contribution in [0, 0.1) is 0 Å². The minimum Gasteiger partial charge on any atom is -0.436 e. The van der Waals surface area contributed by atoms with Crippen molar-refractivity contribution in [3.05, 3.63) is 61.2 Å². The molecule has 1 N–H and O–H groups in total. The fourth-order valence-electron chi connectivity index (χ4n) is 3.18. The van der Waals surface area contributed by atoms with Crippen molar-refractivity contribution in [3.8, 4) is 22.8 Å². The Morgan fingerprint density at radius 1 is 0.857 bits per heavy atom. The van der Waals surface area contributed by atoms with E-state index >= 15 is 0 Å². The second-order valence-electron chi connectivity index (χ2n) is 6.35. The van der Waals surface area contributed by atoms with Crippen LogP contribution in [0.15, 0.2) is 65.6 Å². The van der Waals surface area contributed by atoms with E-state index in [9.17, 15) is 0 Å². The summed E-state index contributed by atoms with van der Waals surface area (Å²) >= 11 is 0. The zero-order valence-corrected chi connectivity index (χ0v) is 14.4. The van der Waals surface area contributed by atoms with Crippen LogP contribution in [0.25, 0.3) is 56.0 Å². The number of benzene rings is 1. The van der Waals surface area contributed by atoms with E-state index in [1.165, 1.54) is 0 Å². The predicted octanol–water partition coefficient (Wildman–Crippen LogP) is 3.77. The van der Waals surface area contributed by atoms with E-state index in [2.05, 4.69) is 35.1 Å². The minimum atomic E-state index is 0.453. The molecule has 0 radical (unpaired) electrons. The van der Waals surface area contributed by atoms with Gasteiger partial charge in [-0.3, -0.25) is 0 Å². The Hall–Kier alpha value is -4.20. The van der Waals surface area contributed by atoms with Crippen molar-refractivity contribution >= 4 is 33.2 Å². The molecule has 0 amide bonds. The van der Waals surface area contributed by atoms with E-state index < -0.39 is 0 Å². The van der Waals surface area contributed by atoms with E-state index in [4.69, 9.17) is 4.42 Å². The summed E-state index contributed by atoms with van der Waals surface area (Å²) < 4.78 is 5.97. The van der Waals surface area contributed by atoms with E-state index in [1.807, 2.05) is 36.4 Å². The lowest BCUT2D eigenvalue weighted by Crippen LogP contribution is -1.87. The van der Waals surface area contributed by atoms with Crippen molar-refractivity contribution in [2.75, 3.05) is 0 Å². The van der Waals surface area contributed by atoms with Crippen molar-refractivity contribution in [2.24, 2.45) is 0 Å². The van der Waals surface area contributed by atoms with Gasteiger partial charge in [0, 0.05) is 28.6 Å². The van der Waals surface area contributed by atoms with Gasteiger partial charge in [0.25, 0.3) is 0 Å². The second kappa shape index (κ2) is 5.65. The summed E-state index contributed by atoms with van der Waals surface area (Å²) in [7, 11) is 0. The third-order valence-corrected chi connectivity index (χ3v) is 4.57. The van der Waals surface area contributed by atoms with Crippen LogP contribution in [0.5, 0.6) is 0 Å². The summed E-state index contributed by atoms with van der Waals surface area (Å²) in [4.78, 5) is 21.0. The van der Waals surface area contributed by atoms with Crippen LogP contribution in [-0.2, 0) is 0 Å². The number of hydrogen-bond donors (Lipinski definition) is 1. The molecule has 132 valence electrons. The molecule has 0 fully saturated rings. The number of H-pyrrole nitrogens is 1. The highest BCUT2D eigenvalue weighted by Gasteiger charge is 2.13. The molecular weight excluding hydrogens is 354 g/mol. The molecule has 5 heterocycles. The Morgan fingerprint density at radius 2 is 1.79 bits per heavy atom. The maximum Gasteiger partial charge on any atom is 0.246 e. The predicted molar refractivity (Wildman–Crippen MR) is 103 cm³/mol. The van der Waals surface area contributed by atoms with Gasteiger partial charge in [-0.25, -0.2) is 19.9 Å². The summed E-state index contributed by atoms with van der Waals surface area (Å²) in [5.74, 6) is 1.29. The number of hydrogen-bond acceptors (Lipinski definition) is 7. The van der Waals surface area contributed by atoms with Crippen molar-refractivity contribution in [3.63, 3.8) is 0 Å². The normalized spacial score (nSPS) is 11.6. The summed E-state index contributed by atoms with van der Waals surface area (Å²) in [6, 6.07) is 11.6. The number of rotatable bonds is 2. The molecule has 0 aliphatic rings. The average Bonchev–Trinajstić information content (AvgIpc) is 3.37. The highest BCUT2D eigenvalue weighted by molar-refractivity contribution is 5.87. The van der Waals surface area contributed by atoms with Gasteiger partial charge in [0.05, 0.1) is 24.1 Å². The van der Waals surface area contributed by atoms with Gasteiger partial charge in [0.2, 0.25) is 5.71 Å². The average molecular weight is 365 g/mol. The van der Waals surface area contributed by atoms with Crippen LogP contribution in [0.4, 0.5) is 0 Å². The van der Waals surface area contributed by atoms with Crippen LogP contribution in [0.3, 0.4) is 0 Å². The quantitative estimate of drug-likeness (QED) is 0.498. The Bertz CT molecular complexity index is 1450. The van der Waals surface area contributed by atoms with Crippen molar-refractivity contribution in [1.82, 2.24) is 35.1 Å². The van der Waals surface area contributed by atoms with Gasteiger partial charge in [-0.05, 0) is 18.2 Å². The first-order valence-electron chi connectivity index (χ1n) is 8.62. The minimum absolute atomic E-state index is 0.453.